The Morgan fingerprint density at radius 1 is 1.50 bits per heavy atom. The van der Waals surface area contributed by atoms with E-state index in [2.05, 4.69) is 15.9 Å². The molecule has 44 valence electrons. The average molecular weight is 175 g/mol. The second-order valence-electron chi connectivity index (χ2n) is 1.81. The summed E-state index contributed by atoms with van der Waals surface area (Å²) in [6, 6.07) is 1.99. The van der Waals surface area contributed by atoms with Gasteiger partial charge in [0, 0.05) is 5.56 Å². The van der Waals surface area contributed by atoms with E-state index in [1.807, 2.05) is 19.9 Å². The van der Waals surface area contributed by atoms with Crippen molar-refractivity contribution in [2.45, 2.75) is 13.8 Å². The highest BCUT2D eigenvalue weighted by Crippen LogP contribution is 2.18. The lowest BCUT2D eigenvalue weighted by Gasteiger charge is -1.77. The number of furan rings is 1. The fourth-order valence-electron chi connectivity index (χ4n) is 0.613. The van der Waals surface area contributed by atoms with Crippen LogP contribution < -0.4 is 0 Å². The molecule has 0 saturated carbocycles. The van der Waals surface area contributed by atoms with Gasteiger partial charge in [-0.2, -0.15) is 0 Å². The van der Waals surface area contributed by atoms with E-state index in [4.69, 9.17) is 4.42 Å². The number of rotatable bonds is 0. The third-order valence-corrected chi connectivity index (χ3v) is 1.77. The standard InChI is InChI=1S/C6H7BrO/c1-4-3-5(2)8-6(4)7/h3H,1-2H3. The Kier molecular flexibility index (Phi) is 1.43. The van der Waals surface area contributed by atoms with Crippen LogP contribution in [0, 0.1) is 13.8 Å². The summed E-state index contributed by atoms with van der Waals surface area (Å²) in [7, 11) is 0. The van der Waals surface area contributed by atoms with Crippen molar-refractivity contribution in [2.24, 2.45) is 0 Å². The maximum absolute atomic E-state index is 5.13. The van der Waals surface area contributed by atoms with Crippen LogP contribution in [0.5, 0.6) is 0 Å². The molecule has 1 heterocycles. The fourth-order valence-corrected chi connectivity index (χ4v) is 0.983. The normalized spacial score (nSPS) is 9.88. The summed E-state index contributed by atoms with van der Waals surface area (Å²) >= 11 is 3.25. The molecule has 0 aliphatic carbocycles. The molecule has 0 amide bonds. The fraction of sp³-hybridized carbons (Fsp3) is 0.333. The molecule has 1 nitrogen and oxygen atoms in total. The highest BCUT2D eigenvalue weighted by molar-refractivity contribution is 9.10. The molecule has 2 heteroatoms. The summed E-state index contributed by atoms with van der Waals surface area (Å²) in [6.07, 6.45) is 0. The maximum Gasteiger partial charge on any atom is 0.172 e. The predicted molar refractivity (Wildman–Crippen MR) is 35.9 cm³/mol. The van der Waals surface area contributed by atoms with E-state index in [0.717, 1.165) is 16.0 Å². The van der Waals surface area contributed by atoms with Crippen molar-refractivity contribution < 1.29 is 4.42 Å². The van der Waals surface area contributed by atoms with Crippen molar-refractivity contribution in [3.63, 3.8) is 0 Å². The molecule has 0 atom stereocenters. The Morgan fingerprint density at radius 2 is 2.12 bits per heavy atom. The van der Waals surface area contributed by atoms with Crippen LogP contribution in [0.1, 0.15) is 11.3 Å². The molecule has 0 bridgehead atoms. The summed E-state index contributed by atoms with van der Waals surface area (Å²) in [4.78, 5) is 0. The molecule has 0 fully saturated rings. The van der Waals surface area contributed by atoms with Crippen molar-refractivity contribution in [1.82, 2.24) is 0 Å². The number of aryl methyl sites for hydroxylation is 2. The third-order valence-electron chi connectivity index (χ3n) is 0.980. The van der Waals surface area contributed by atoms with Crippen LogP contribution in [-0.4, -0.2) is 0 Å². The third kappa shape index (κ3) is 0.944. The van der Waals surface area contributed by atoms with Crippen LogP contribution in [0.25, 0.3) is 0 Å². The molecule has 1 aromatic heterocycles. The molecule has 0 unspecified atom stereocenters. The molecule has 8 heavy (non-hydrogen) atoms. The van der Waals surface area contributed by atoms with Crippen molar-refractivity contribution in [2.75, 3.05) is 0 Å². The molecule has 0 saturated heterocycles. The Labute approximate surface area is 56.8 Å². The number of halogens is 1. The van der Waals surface area contributed by atoms with Gasteiger partial charge in [-0.15, -0.1) is 0 Å². The van der Waals surface area contributed by atoms with E-state index in [0.29, 0.717) is 0 Å². The average Bonchev–Trinajstić information content (AvgIpc) is 1.85. The second-order valence-corrected chi connectivity index (χ2v) is 2.53. The van der Waals surface area contributed by atoms with Gasteiger partial charge >= 0.3 is 0 Å². The SMILES string of the molecule is Cc1cc(C)c(Br)o1. The Bertz CT molecular complexity index is 171. The van der Waals surface area contributed by atoms with Gasteiger partial charge in [0.2, 0.25) is 0 Å². The summed E-state index contributed by atoms with van der Waals surface area (Å²) < 4.78 is 5.97. The van der Waals surface area contributed by atoms with Crippen LogP contribution in [0.3, 0.4) is 0 Å². The molecule has 0 aromatic carbocycles. The topological polar surface area (TPSA) is 13.1 Å². The van der Waals surface area contributed by atoms with E-state index < -0.39 is 0 Å². The maximum atomic E-state index is 5.13. The lowest BCUT2D eigenvalue weighted by atomic mass is 10.4. The van der Waals surface area contributed by atoms with E-state index >= 15 is 0 Å². The van der Waals surface area contributed by atoms with Gasteiger partial charge in [-0.25, -0.2) is 0 Å². The largest absolute Gasteiger partial charge is 0.454 e. The van der Waals surface area contributed by atoms with Crippen LogP contribution in [0.15, 0.2) is 15.2 Å². The van der Waals surface area contributed by atoms with Crippen molar-refractivity contribution in [1.29, 1.82) is 0 Å². The predicted octanol–water partition coefficient (Wildman–Crippen LogP) is 2.66. The second kappa shape index (κ2) is 1.94. The van der Waals surface area contributed by atoms with Crippen molar-refractivity contribution >= 4 is 15.9 Å². The molecule has 0 aliphatic heterocycles. The van der Waals surface area contributed by atoms with Gasteiger partial charge < -0.3 is 4.42 Å². The summed E-state index contributed by atoms with van der Waals surface area (Å²) in [6.45, 7) is 3.93. The first-order valence-electron chi connectivity index (χ1n) is 2.42. The monoisotopic (exact) mass is 174 g/mol. The van der Waals surface area contributed by atoms with Crippen LogP contribution in [0.4, 0.5) is 0 Å². The van der Waals surface area contributed by atoms with Crippen molar-refractivity contribution in [3.05, 3.63) is 22.1 Å². The first kappa shape index (κ1) is 5.89. The lowest BCUT2D eigenvalue weighted by Crippen LogP contribution is -1.57. The Balaban J connectivity index is 3.14. The summed E-state index contributed by atoms with van der Waals surface area (Å²) in [5.41, 5.74) is 1.16. The molecule has 1 rings (SSSR count). The van der Waals surface area contributed by atoms with E-state index in [9.17, 15) is 0 Å². The molecule has 0 aliphatic rings. The van der Waals surface area contributed by atoms with Gasteiger partial charge in [-0.05, 0) is 35.8 Å². The molecule has 1 aromatic rings. The summed E-state index contributed by atoms with van der Waals surface area (Å²) in [5, 5.41) is 0. The zero-order chi connectivity index (χ0) is 6.15. The Hall–Kier alpha value is -0.240. The van der Waals surface area contributed by atoms with Crippen LogP contribution in [0.2, 0.25) is 0 Å². The zero-order valence-electron chi connectivity index (χ0n) is 4.86. The van der Waals surface area contributed by atoms with Crippen LogP contribution in [-0.2, 0) is 0 Å². The zero-order valence-corrected chi connectivity index (χ0v) is 6.45. The van der Waals surface area contributed by atoms with Gasteiger partial charge in [-0.1, -0.05) is 0 Å². The van der Waals surface area contributed by atoms with Crippen LogP contribution >= 0.6 is 15.9 Å². The van der Waals surface area contributed by atoms with Gasteiger partial charge in [0.05, 0.1) is 0 Å². The van der Waals surface area contributed by atoms with E-state index in [1.165, 1.54) is 0 Å². The highest BCUT2D eigenvalue weighted by Gasteiger charge is 1.97. The lowest BCUT2D eigenvalue weighted by molar-refractivity contribution is 0.508. The number of hydrogen-bond acceptors (Lipinski definition) is 1. The molecular weight excluding hydrogens is 168 g/mol. The number of hydrogen-bond donors (Lipinski definition) is 0. The first-order chi connectivity index (χ1) is 3.70. The van der Waals surface area contributed by atoms with Gasteiger partial charge in [0.15, 0.2) is 4.67 Å². The molecule has 0 radical (unpaired) electrons. The van der Waals surface area contributed by atoms with Crippen molar-refractivity contribution in [3.8, 4) is 0 Å². The Morgan fingerprint density at radius 3 is 2.25 bits per heavy atom. The molecule has 0 N–H and O–H groups in total. The highest BCUT2D eigenvalue weighted by atomic mass is 79.9. The minimum atomic E-state index is 0.843. The van der Waals surface area contributed by atoms with Gasteiger partial charge in [0.1, 0.15) is 5.76 Å². The minimum absolute atomic E-state index is 0.843. The quantitative estimate of drug-likeness (QED) is 0.590. The van der Waals surface area contributed by atoms with Gasteiger partial charge in [-0.3, -0.25) is 0 Å². The minimum Gasteiger partial charge on any atom is -0.454 e. The molecule has 0 spiro atoms. The van der Waals surface area contributed by atoms with Gasteiger partial charge in [0.25, 0.3) is 0 Å². The molecular formula is C6H7BrO. The van der Waals surface area contributed by atoms with E-state index in [1.54, 1.807) is 0 Å². The summed E-state index contributed by atoms with van der Waals surface area (Å²) in [5.74, 6) is 0.953. The van der Waals surface area contributed by atoms with E-state index in [-0.39, 0.29) is 0 Å². The smallest absolute Gasteiger partial charge is 0.172 e. The first-order valence-corrected chi connectivity index (χ1v) is 3.22.